The monoisotopic (exact) mass is 268 g/mol. The zero-order valence-corrected chi connectivity index (χ0v) is 12.2. The normalized spacial score (nSPS) is 27.9. The van der Waals surface area contributed by atoms with Crippen molar-refractivity contribution in [3.63, 3.8) is 0 Å². The number of hydrogen-bond acceptors (Lipinski definition) is 3. The number of amides is 1. The predicted molar refractivity (Wildman–Crippen MR) is 75.9 cm³/mol. The lowest BCUT2D eigenvalue weighted by Gasteiger charge is -2.37. The fourth-order valence-electron chi connectivity index (χ4n) is 3.78. The van der Waals surface area contributed by atoms with E-state index in [4.69, 9.17) is 0 Å². The van der Waals surface area contributed by atoms with Crippen LogP contribution in [0.4, 0.5) is 0 Å². The average molecular weight is 268 g/mol. The van der Waals surface area contributed by atoms with Gasteiger partial charge in [0.1, 0.15) is 0 Å². The largest absolute Gasteiger partial charge is 0.395 e. The highest BCUT2D eigenvalue weighted by molar-refractivity contribution is 5.87. The Morgan fingerprint density at radius 1 is 1.37 bits per heavy atom. The first-order valence-electron chi connectivity index (χ1n) is 7.90. The van der Waals surface area contributed by atoms with Crippen molar-refractivity contribution in [1.29, 1.82) is 0 Å². The molecule has 2 aliphatic rings. The summed E-state index contributed by atoms with van der Waals surface area (Å²) in [6, 6.07) is 0.357. The van der Waals surface area contributed by atoms with Gasteiger partial charge in [0.15, 0.2) is 0 Å². The Kier molecular flexibility index (Phi) is 5.22. The second kappa shape index (κ2) is 6.71. The van der Waals surface area contributed by atoms with E-state index in [9.17, 15) is 9.90 Å². The second-order valence-corrected chi connectivity index (χ2v) is 6.02. The molecule has 0 aromatic heterocycles. The number of aliphatic hydroxyl groups excluding tert-OH is 1. The number of aliphatic hydroxyl groups is 1. The summed E-state index contributed by atoms with van der Waals surface area (Å²) < 4.78 is 0. The molecule has 1 saturated carbocycles. The molecular weight excluding hydrogens is 240 g/mol. The fraction of sp³-hybridized carbons (Fsp3) is 0.933. The first-order valence-corrected chi connectivity index (χ1v) is 7.90. The first kappa shape index (κ1) is 14.8. The molecule has 0 aromatic carbocycles. The second-order valence-electron chi connectivity index (χ2n) is 6.02. The van der Waals surface area contributed by atoms with Gasteiger partial charge in [0, 0.05) is 12.6 Å². The summed E-state index contributed by atoms with van der Waals surface area (Å²) in [4.78, 5) is 15.0. The van der Waals surface area contributed by atoms with Crippen LogP contribution in [0.5, 0.6) is 0 Å². The maximum atomic E-state index is 13.0. The number of nitrogens with zero attached hydrogens (tertiary/aromatic N) is 1. The molecule has 1 amide bonds. The summed E-state index contributed by atoms with van der Waals surface area (Å²) in [7, 11) is 0. The summed E-state index contributed by atoms with van der Waals surface area (Å²) in [5.74, 6) is 0.243. The summed E-state index contributed by atoms with van der Waals surface area (Å²) in [6.45, 7) is 3.66. The molecular formula is C15H28N2O2. The molecule has 4 nitrogen and oxygen atoms in total. The zero-order chi connectivity index (χ0) is 13.7. The molecule has 0 aromatic rings. The van der Waals surface area contributed by atoms with Crippen molar-refractivity contribution in [3.05, 3.63) is 0 Å². The molecule has 110 valence electrons. The Labute approximate surface area is 116 Å². The highest BCUT2D eigenvalue weighted by Gasteiger charge is 2.44. The van der Waals surface area contributed by atoms with Gasteiger partial charge in [0.25, 0.3) is 0 Å². The fourth-order valence-corrected chi connectivity index (χ4v) is 3.78. The minimum Gasteiger partial charge on any atom is -0.395 e. The van der Waals surface area contributed by atoms with E-state index in [0.29, 0.717) is 12.6 Å². The molecule has 1 unspecified atom stereocenters. The molecule has 1 aliphatic carbocycles. The molecule has 0 bridgehead atoms. The standard InChI is InChI=1S/C15H28N2O2/c1-2-8-15(9-5-10-16-15)14(19)17(11-12-18)13-6-3-4-7-13/h13,16,18H,2-12H2,1H3. The van der Waals surface area contributed by atoms with Gasteiger partial charge < -0.3 is 15.3 Å². The molecule has 1 atom stereocenters. The molecule has 1 heterocycles. The van der Waals surface area contributed by atoms with Gasteiger partial charge in [-0.1, -0.05) is 26.2 Å². The molecule has 1 saturated heterocycles. The van der Waals surface area contributed by atoms with E-state index in [0.717, 1.165) is 45.1 Å². The van der Waals surface area contributed by atoms with Crippen molar-refractivity contribution in [2.75, 3.05) is 19.7 Å². The van der Waals surface area contributed by atoms with E-state index < -0.39 is 0 Å². The van der Waals surface area contributed by atoms with Crippen molar-refractivity contribution in [2.24, 2.45) is 0 Å². The van der Waals surface area contributed by atoms with Crippen LogP contribution in [0.2, 0.25) is 0 Å². The van der Waals surface area contributed by atoms with Gasteiger partial charge in [-0.15, -0.1) is 0 Å². The minimum atomic E-state index is -0.341. The molecule has 2 fully saturated rings. The van der Waals surface area contributed by atoms with Crippen LogP contribution < -0.4 is 5.32 Å². The van der Waals surface area contributed by atoms with Crippen molar-refractivity contribution < 1.29 is 9.90 Å². The number of rotatable bonds is 6. The minimum absolute atomic E-state index is 0.0739. The van der Waals surface area contributed by atoms with E-state index in [1.54, 1.807) is 0 Å². The van der Waals surface area contributed by atoms with E-state index in [-0.39, 0.29) is 18.1 Å². The summed E-state index contributed by atoms with van der Waals surface area (Å²) >= 11 is 0. The van der Waals surface area contributed by atoms with Crippen molar-refractivity contribution in [3.8, 4) is 0 Å². The van der Waals surface area contributed by atoms with Crippen LogP contribution in [0, 0.1) is 0 Å². The lowest BCUT2D eigenvalue weighted by Crippen LogP contribution is -2.57. The van der Waals surface area contributed by atoms with E-state index in [2.05, 4.69) is 12.2 Å². The van der Waals surface area contributed by atoms with Crippen LogP contribution in [-0.4, -0.2) is 47.2 Å². The molecule has 2 rings (SSSR count). The Hall–Kier alpha value is -0.610. The summed E-state index contributed by atoms with van der Waals surface area (Å²) in [6.07, 6.45) is 8.62. The van der Waals surface area contributed by atoms with Crippen LogP contribution in [0.1, 0.15) is 58.3 Å². The first-order chi connectivity index (χ1) is 9.23. The smallest absolute Gasteiger partial charge is 0.243 e. The van der Waals surface area contributed by atoms with Gasteiger partial charge >= 0.3 is 0 Å². The van der Waals surface area contributed by atoms with Crippen LogP contribution in [0.15, 0.2) is 0 Å². The Balaban J connectivity index is 2.11. The number of nitrogens with one attached hydrogen (secondary N) is 1. The highest BCUT2D eigenvalue weighted by atomic mass is 16.3. The van der Waals surface area contributed by atoms with Gasteiger partial charge in [-0.2, -0.15) is 0 Å². The highest BCUT2D eigenvalue weighted by Crippen LogP contribution is 2.31. The molecule has 4 heteroatoms. The van der Waals surface area contributed by atoms with Crippen LogP contribution in [-0.2, 0) is 4.79 Å². The third kappa shape index (κ3) is 3.11. The van der Waals surface area contributed by atoms with Crippen molar-refractivity contribution in [1.82, 2.24) is 10.2 Å². The quantitative estimate of drug-likeness (QED) is 0.770. The van der Waals surface area contributed by atoms with E-state index in [1.165, 1.54) is 12.8 Å². The van der Waals surface area contributed by atoms with E-state index >= 15 is 0 Å². The van der Waals surface area contributed by atoms with Gasteiger partial charge in [-0.05, 0) is 38.6 Å². The maximum absolute atomic E-state index is 13.0. The van der Waals surface area contributed by atoms with Crippen LogP contribution >= 0.6 is 0 Å². The molecule has 19 heavy (non-hydrogen) atoms. The van der Waals surface area contributed by atoms with Gasteiger partial charge in [-0.25, -0.2) is 0 Å². The number of carbonyl (C=O) groups is 1. The lowest BCUT2D eigenvalue weighted by molar-refractivity contribution is -0.141. The molecule has 0 spiro atoms. The Morgan fingerprint density at radius 2 is 2.11 bits per heavy atom. The molecule has 0 radical (unpaired) electrons. The molecule has 1 aliphatic heterocycles. The predicted octanol–water partition coefficient (Wildman–Crippen LogP) is 1.67. The van der Waals surface area contributed by atoms with Crippen molar-refractivity contribution >= 4 is 5.91 Å². The van der Waals surface area contributed by atoms with Crippen LogP contribution in [0.3, 0.4) is 0 Å². The third-order valence-electron chi connectivity index (χ3n) is 4.70. The SMILES string of the molecule is CCCC1(C(=O)N(CCO)C2CCCC2)CCCN1. The van der Waals surface area contributed by atoms with E-state index in [1.807, 2.05) is 4.90 Å². The molecule has 2 N–H and O–H groups in total. The lowest BCUT2D eigenvalue weighted by atomic mass is 9.89. The van der Waals surface area contributed by atoms with Crippen molar-refractivity contribution in [2.45, 2.75) is 69.9 Å². The average Bonchev–Trinajstić information content (AvgIpc) is 3.07. The van der Waals surface area contributed by atoms with Crippen LogP contribution in [0.25, 0.3) is 0 Å². The third-order valence-corrected chi connectivity index (χ3v) is 4.70. The Morgan fingerprint density at radius 3 is 2.63 bits per heavy atom. The summed E-state index contributed by atoms with van der Waals surface area (Å²) in [5.41, 5.74) is -0.341. The van der Waals surface area contributed by atoms with Gasteiger partial charge in [-0.3, -0.25) is 4.79 Å². The topological polar surface area (TPSA) is 52.6 Å². The maximum Gasteiger partial charge on any atom is 0.243 e. The van der Waals surface area contributed by atoms with Gasteiger partial charge in [0.05, 0.1) is 12.1 Å². The summed E-state index contributed by atoms with van der Waals surface area (Å²) in [5, 5.41) is 12.7. The number of hydrogen-bond donors (Lipinski definition) is 2. The Bertz CT molecular complexity index is 295. The van der Waals surface area contributed by atoms with Gasteiger partial charge in [0.2, 0.25) is 5.91 Å². The zero-order valence-electron chi connectivity index (χ0n) is 12.2. The number of carbonyl (C=O) groups excluding carboxylic acids is 1.